The third kappa shape index (κ3) is 2.75. The molecule has 0 bridgehead atoms. The maximum Gasteiger partial charge on any atom is 0.419 e. The molecule has 4 aromatic rings. The molecule has 0 atom stereocenters. The lowest BCUT2D eigenvalue weighted by Gasteiger charge is -2.04. The topological polar surface area (TPSA) is 48.0 Å². The Balaban J connectivity index is 1.52. The van der Waals surface area contributed by atoms with E-state index >= 15 is 0 Å². The number of hydrogen-bond acceptors (Lipinski definition) is 4. The van der Waals surface area contributed by atoms with Crippen molar-refractivity contribution in [3.8, 4) is 0 Å². The molecular weight excluding hydrogens is 308 g/mol. The molecule has 0 radical (unpaired) electrons. The first-order valence-electron chi connectivity index (χ1n) is 7.38. The molecule has 4 nitrogen and oxygen atoms in total. The van der Waals surface area contributed by atoms with Gasteiger partial charge in [-0.1, -0.05) is 36.4 Å². The van der Waals surface area contributed by atoms with Crippen molar-refractivity contribution in [2.75, 3.05) is 5.75 Å². The minimum Gasteiger partial charge on any atom is -0.408 e. The monoisotopic (exact) mass is 322 g/mol. The third-order valence-electron chi connectivity index (χ3n) is 3.71. The van der Waals surface area contributed by atoms with E-state index in [4.69, 9.17) is 4.42 Å². The Hall–Kier alpha value is -2.53. The molecule has 2 aromatic carbocycles. The number of hydrogen-bond donors (Lipinski definition) is 0. The van der Waals surface area contributed by atoms with Gasteiger partial charge in [-0.3, -0.25) is 4.57 Å². The van der Waals surface area contributed by atoms with Crippen LogP contribution in [0.4, 0.5) is 0 Å². The number of fused-ring (bicyclic) bond motifs is 2. The number of aryl methyl sites for hydroxylation is 1. The zero-order valence-corrected chi connectivity index (χ0v) is 13.1. The molecule has 5 heteroatoms. The van der Waals surface area contributed by atoms with Gasteiger partial charge in [0.1, 0.15) is 0 Å². The number of pyridine rings is 1. The van der Waals surface area contributed by atoms with Crippen molar-refractivity contribution in [1.29, 1.82) is 0 Å². The maximum absolute atomic E-state index is 11.9. The molecule has 0 amide bonds. The first-order chi connectivity index (χ1) is 11.3. The van der Waals surface area contributed by atoms with E-state index in [-0.39, 0.29) is 5.76 Å². The van der Waals surface area contributed by atoms with Crippen LogP contribution in [0, 0.1) is 0 Å². The average molecular weight is 322 g/mol. The average Bonchev–Trinajstić information content (AvgIpc) is 2.90. The standard InChI is InChI=1S/C18H14N2O2S/c21-18-20(15-7-3-4-8-16(15)22-18)11-12-23-17-10-9-13-5-1-2-6-14(13)19-17/h1-10H,11-12H2. The number of oxazole rings is 1. The highest BCUT2D eigenvalue weighted by molar-refractivity contribution is 7.99. The molecule has 23 heavy (non-hydrogen) atoms. The highest BCUT2D eigenvalue weighted by atomic mass is 32.2. The van der Waals surface area contributed by atoms with Crippen LogP contribution in [-0.2, 0) is 6.54 Å². The van der Waals surface area contributed by atoms with E-state index in [9.17, 15) is 4.79 Å². The summed E-state index contributed by atoms with van der Waals surface area (Å²) in [5, 5.41) is 2.10. The zero-order chi connectivity index (χ0) is 15.6. The summed E-state index contributed by atoms with van der Waals surface area (Å²) in [5.74, 6) is 0.452. The van der Waals surface area contributed by atoms with Crippen LogP contribution in [0.15, 0.2) is 74.9 Å². The van der Waals surface area contributed by atoms with Crippen LogP contribution in [0.2, 0.25) is 0 Å². The van der Waals surface area contributed by atoms with Crippen LogP contribution < -0.4 is 5.76 Å². The predicted octanol–water partition coefficient (Wildman–Crippen LogP) is 3.94. The fraction of sp³-hybridized carbons (Fsp3) is 0.111. The van der Waals surface area contributed by atoms with E-state index in [1.54, 1.807) is 16.3 Å². The van der Waals surface area contributed by atoms with Crippen LogP contribution in [0.3, 0.4) is 0 Å². The lowest BCUT2D eigenvalue weighted by atomic mass is 10.2. The molecule has 2 heterocycles. The third-order valence-corrected chi connectivity index (χ3v) is 4.62. The summed E-state index contributed by atoms with van der Waals surface area (Å²) in [6.45, 7) is 0.592. The summed E-state index contributed by atoms with van der Waals surface area (Å²) in [4.78, 5) is 16.6. The molecule has 2 aromatic heterocycles. The lowest BCUT2D eigenvalue weighted by molar-refractivity contribution is 0.514. The fourth-order valence-electron chi connectivity index (χ4n) is 2.59. The number of nitrogens with zero attached hydrogens (tertiary/aromatic N) is 2. The van der Waals surface area contributed by atoms with Crippen LogP contribution in [0.1, 0.15) is 0 Å². The first kappa shape index (κ1) is 14.1. The second-order valence-electron chi connectivity index (χ2n) is 5.18. The normalized spacial score (nSPS) is 11.3. The van der Waals surface area contributed by atoms with E-state index in [2.05, 4.69) is 11.1 Å². The van der Waals surface area contributed by atoms with Gasteiger partial charge in [-0.05, 0) is 24.3 Å². The number of thioether (sulfide) groups is 1. The Morgan fingerprint density at radius 3 is 2.78 bits per heavy atom. The zero-order valence-electron chi connectivity index (χ0n) is 12.3. The van der Waals surface area contributed by atoms with Crippen molar-refractivity contribution in [2.24, 2.45) is 0 Å². The molecule has 114 valence electrons. The predicted molar refractivity (Wildman–Crippen MR) is 92.9 cm³/mol. The van der Waals surface area contributed by atoms with Crippen molar-refractivity contribution in [3.63, 3.8) is 0 Å². The van der Waals surface area contributed by atoms with Crippen molar-refractivity contribution in [1.82, 2.24) is 9.55 Å². The maximum atomic E-state index is 11.9. The molecule has 0 unspecified atom stereocenters. The Morgan fingerprint density at radius 2 is 1.83 bits per heavy atom. The fourth-order valence-corrected chi connectivity index (χ4v) is 3.41. The van der Waals surface area contributed by atoms with Gasteiger partial charge in [-0.15, -0.1) is 11.8 Å². The van der Waals surface area contributed by atoms with E-state index in [0.717, 1.165) is 27.2 Å². The highest BCUT2D eigenvalue weighted by Gasteiger charge is 2.08. The summed E-state index contributed by atoms with van der Waals surface area (Å²) in [6, 6.07) is 19.6. The van der Waals surface area contributed by atoms with Gasteiger partial charge in [0, 0.05) is 17.7 Å². The smallest absolute Gasteiger partial charge is 0.408 e. The molecule has 0 aliphatic heterocycles. The van der Waals surface area contributed by atoms with Gasteiger partial charge in [0.15, 0.2) is 5.58 Å². The minimum atomic E-state index is -0.307. The van der Waals surface area contributed by atoms with Crippen LogP contribution in [0.25, 0.3) is 22.0 Å². The van der Waals surface area contributed by atoms with Gasteiger partial charge in [-0.2, -0.15) is 0 Å². The Kier molecular flexibility index (Phi) is 3.63. The molecule has 0 fully saturated rings. The van der Waals surface area contributed by atoms with Gasteiger partial charge < -0.3 is 4.42 Å². The largest absolute Gasteiger partial charge is 0.419 e. The van der Waals surface area contributed by atoms with Gasteiger partial charge >= 0.3 is 5.76 Å². The Morgan fingerprint density at radius 1 is 1.00 bits per heavy atom. The summed E-state index contributed by atoms with van der Waals surface area (Å²) in [7, 11) is 0. The quantitative estimate of drug-likeness (QED) is 0.534. The van der Waals surface area contributed by atoms with Crippen LogP contribution in [0.5, 0.6) is 0 Å². The van der Waals surface area contributed by atoms with E-state index in [0.29, 0.717) is 12.1 Å². The Bertz CT molecular complexity index is 1040. The molecule has 0 spiro atoms. The molecular formula is C18H14N2O2S. The van der Waals surface area contributed by atoms with Gasteiger partial charge in [-0.25, -0.2) is 9.78 Å². The number of rotatable bonds is 4. The molecule has 0 aliphatic carbocycles. The first-order valence-corrected chi connectivity index (χ1v) is 8.37. The van der Waals surface area contributed by atoms with Crippen molar-refractivity contribution < 1.29 is 4.42 Å². The number of benzene rings is 2. The summed E-state index contributed by atoms with van der Waals surface area (Å²) in [6.07, 6.45) is 0. The molecule has 0 saturated carbocycles. The van der Waals surface area contributed by atoms with E-state index < -0.39 is 0 Å². The van der Waals surface area contributed by atoms with Crippen molar-refractivity contribution >= 4 is 33.8 Å². The van der Waals surface area contributed by atoms with E-state index in [1.807, 2.05) is 54.6 Å². The number of para-hydroxylation sites is 3. The SMILES string of the molecule is O=c1oc2ccccc2n1CCSc1ccc2ccccc2n1. The van der Waals surface area contributed by atoms with Crippen molar-refractivity contribution in [2.45, 2.75) is 11.6 Å². The lowest BCUT2D eigenvalue weighted by Crippen LogP contribution is -2.15. The summed E-state index contributed by atoms with van der Waals surface area (Å²) >= 11 is 1.64. The van der Waals surface area contributed by atoms with Gasteiger partial charge in [0.2, 0.25) is 0 Å². The number of aromatic nitrogens is 2. The second-order valence-corrected chi connectivity index (χ2v) is 6.29. The van der Waals surface area contributed by atoms with Gasteiger partial charge in [0.05, 0.1) is 16.1 Å². The summed E-state index contributed by atoms with van der Waals surface area (Å²) < 4.78 is 6.91. The molecule has 4 rings (SSSR count). The summed E-state index contributed by atoms with van der Waals surface area (Å²) in [5.41, 5.74) is 2.46. The molecule has 0 saturated heterocycles. The van der Waals surface area contributed by atoms with Gasteiger partial charge in [0.25, 0.3) is 0 Å². The van der Waals surface area contributed by atoms with Crippen LogP contribution in [-0.4, -0.2) is 15.3 Å². The second kappa shape index (κ2) is 5.93. The van der Waals surface area contributed by atoms with Crippen LogP contribution >= 0.6 is 11.8 Å². The Labute approximate surface area is 136 Å². The molecule has 0 N–H and O–H groups in total. The minimum absolute atomic E-state index is 0.307. The molecule has 0 aliphatic rings. The van der Waals surface area contributed by atoms with E-state index in [1.165, 1.54) is 0 Å². The highest BCUT2D eigenvalue weighted by Crippen LogP contribution is 2.20. The van der Waals surface area contributed by atoms with Crippen molar-refractivity contribution in [3.05, 3.63) is 71.2 Å².